The van der Waals surface area contributed by atoms with Gasteiger partial charge in [0, 0.05) is 18.1 Å². The lowest BCUT2D eigenvalue weighted by Crippen LogP contribution is -2.24. The van der Waals surface area contributed by atoms with Gasteiger partial charge in [0.2, 0.25) is 0 Å². The molecule has 3 nitrogen and oxygen atoms in total. The van der Waals surface area contributed by atoms with Gasteiger partial charge in [-0.15, -0.1) is 0 Å². The first-order valence-electron chi connectivity index (χ1n) is 5.50. The normalized spacial score (nSPS) is 23.0. The highest BCUT2D eigenvalue weighted by Crippen LogP contribution is 2.34. The third kappa shape index (κ3) is 2.32. The van der Waals surface area contributed by atoms with Crippen molar-refractivity contribution in [1.82, 2.24) is 0 Å². The maximum absolute atomic E-state index is 10.2. The smallest absolute Gasteiger partial charge is 0.0860 e. The van der Waals surface area contributed by atoms with Gasteiger partial charge in [-0.1, -0.05) is 23.7 Å². The number of rotatable bonds is 2. The van der Waals surface area contributed by atoms with Gasteiger partial charge >= 0.3 is 0 Å². The summed E-state index contributed by atoms with van der Waals surface area (Å²) >= 11 is 5.93. The van der Waals surface area contributed by atoms with Crippen LogP contribution in [0, 0.1) is 5.92 Å². The van der Waals surface area contributed by atoms with Gasteiger partial charge in [-0.25, -0.2) is 0 Å². The Morgan fingerprint density at radius 2 is 2.31 bits per heavy atom. The van der Waals surface area contributed by atoms with E-state index in [1.54, 1.807) is 12.1 Å². The molecule has 1 aliphatic rings. The molecule has 1 aromatic carbocycles. The molecule has 1 aliphatic heterocycles. The fraction of sp³-hybridized carbons (Fsp3) is 0.500. The Balaban J connectivity index is 2.19. The summed E-state index contributed by atoms with van der Waals surface area (Å²) in [6.45, 7) is 1.38. The van der Waals surface area contributed by atoms with Crippen LogP contribution < -0.4 is 5.73 Å². The molecule has 1 heterocycles. The van der Waals surface area contributed by atoms with Crippen LogP contribution in [0.5, 0.6) is 0 Å². The van der Waals surface area contributed by atoms with Gasteiger partial charge in [-0.2, -0.15) is 0 Å². The SMILES string of the molecule is Nc1c(Cl)cccc1C(O)C1CCCOC1. The van der Waals surface area contributed by atoms with Crippen molar-refractivity contribution < 1.29 is 9.84 Å². The third-order valence-electron chi connectivity index (χ3n) is 3.05. The summed E-state index contributed by atoms with van der Waals surface area (Å²) in [5.74, 6) is 0.120. The second-order valence-electron chi connectivity index (χ2n) is 4.16. The zero-order valence-corrected chi connectivity index (χ0v) is 9.78. The van der Waals surface area contributed by atoms with Crippen molar-refractivity contribution in [2.45, 2.75) is 18.9 Å². The van der Waals surface area contributed by atoms with E-state index < -0.39 is 6.10 Å². The molecule has 1 saturated heterocycles. The molecule has 0 radical (unpaired) electrons. The lowest BCUT2D eigenvalue weighted by Gasteiger charge is -2.27. The minimum atomic E-state index is -0.584. The summed E-state index contributed by atoms with van der Waals surface area (Å²) in [7, 11) is 0. The maximum Gasteiger partial charge on any atom is 0.0860 e. The van der Waals surface area contributed by atoms with Crippen molar-refractivity contribution in [1.29, 1.82) is 0 Å². The molecular formula is C12H16ClNO2. The molecule has 3 N–H and O–H groups in total. The molecule has 2 unspecified atom stereocenters. The molecule has 0 spiro atoms. The summed E-state index contributed by atoms with van der Waals surface area (Å²) < 4.78 is 5.36. The van der Waals surface area contributed by atoms with Gasteiger partial charge in [0.1, 0.15) is 0 Å². The van der Waals surface area contributed by atoms with E-state index >= 15 is 0 Å². The highest BCUT2D eigenvalue weighted by molar-refractivity contribution is 6.33. The minimum absolute atomic E-state index is 0.120. The van der Waals surface area contributed by atoms with Crippen molar-refractivity contribution >= 4 is 17.3 Å². The van der Waals surface area contributed by atoms with Crippen molar-refractivity contribution in [3.8, 4) is 0 Å². The zero-order chi connectivity index (χ0) is 11.5. The maximum atomic E-state index is 10.2. The Morgan fingerprint density at radius 1 is 1.50 bits per heavy atom. The van der Waals surface area contributed by atoms with E-state index in [9.17, 15) is 5.11 Å². The van der Waals surface area contributed by atoms with Crippen LogP contribution in [0.15, 0.2) is 18.2 Å². The summed E-state index contributed by atoms with van der Waals surface area (Å²) in [6.07, 6.45) is 1.37. The minimum Gasteiger partial charge on any atom is -0.397 e. The van der Waals surface area contributed by atoms with Crippen LogP contribution in [0.3, 0.4) is 0 Å². The van der Waals surface area contributed by atoms with Crippen LogP contribution in [0.4, 0.5) is 5.69 Å². The fourth-order valence-corrected chi connectivity index (χ4v) is 2.26. The van der Waals surface area contributed by atoms with Gasteiger partial charge in [-0.05, 0) is 18.9 Å². The average molecular weight is 242 g/mol. The number of benzene rings is 1. The highest BCUT2D eigenvalue weighted by Gasteiger charge is 2.25. The summed E-state index contributed by atoms with van der Waals surface area (Å²) in [6, 6.07) is 5.35. The number of halogens is 1. The van der Waals surface area contributed by atoms with Crippen LogP contribution in [-0.2, 0) is 4.74 Å². The second-order valence-corrected chi connectivity index (χ2v) is 4.57. The van der Waals surface area contributed by atoms with E-state index in [4.69, 9.17) is 22.1 Å². The quantitative estimate of drug-likeness (QED) is 0.782. The molecule has 0 saturated carbocycles. The molecule has 16 heavy (non-hydrogen) atoms. The molecule has 4 heteroatoms. The van der Waals surface area contributed by atoms with E-state index in [2.05, 4.69) is 0 Å². The number of nitrogen functional groups attached to an aromatic ring is 1. The molecule has 0 amide bonds. The first-order valence-corrected chi connectivity index (χ1v) is 5.87. The van der Waals surface area contributed by atoms with E-state index in [-0.39, 0.29) is 5.92 Å². The van der Waals surface area contributed by atoms with Crippen molar-refractivity contribution in [2.24, 2.45) is 5.92 Å². The van der Waals surface area contributed by atoms with Gasteiger partial charge in [0.05, 0.1) is 23.4 Å². The van der Waals surface area contributed by atoms with E-state index in [1.807, 2.05) is 6.07 Å². The van der Waals surface area contributed by atoms with Crippen LogP contribution >= 0.6 is 11.6 Å². The zero-order valence-electron chi connectivity index (χ0n) is 9.03. The molecule has 1 fully saturated rings. The van der Waals surface area contributed by atoms with E-state index in [0.717, 1.165) is 19.4 Å². The van der Waals surface area contributed by atoms with Crippen molar-refractivity contribution in [3.63, 3.8) is 0 Å². The van der Waals surface area contributed by atoms with Gasteiger partial charge < -0.3 is 15.6 Å². The van der Waals surface area contributed by atoms with Gasteiger partial charge in [0.25, 0.3) is 0 Å². The van der Waals surface area contributed by atoms with E-state index in [0.29, 0.717) is 22.9 Å². The number of aliphatic hydroxyl groups is 1. The Hall–Kier alpha value is -0.770. The predicted molar refractivity (Wildman–Crippen MR) is 64.4 cm³/mol. The third-order valence-corrected chi connectivity index (χ3v) is 3.38. The molecule has 88 valence electrons. The Labute approximate surface area is 100 Å². The lowest BCUT2D eigenvalue weighted by atomic mass is 9.90. The number of hydrogen-bond donors (Lipinski definition) is 2. The van der Waals surface area contributed by atoms with Crippen molar-refractivity contribution in [2.75, 3.05) is 18.9 Å². The second kappa shape index (κ2) is 5.04. The molecule has 2 rings (SSSR count). The number of nitrogens with two attached hydrogens (primary N) is 1. The summed E-state index contributed by atoms with van der Waals surface area (Å²) in [4.78, 5) is 0. The first kappa shape index (κ1) is 11.7. The topological polar surface area (TPSA) is 55.5 Å². The molecule has 1 aromatic rings. The van der Waals surface area contributed by atoms with Gasteiger partial charge in [0.15, 0.2) is 0 Å². The highest BCUT2D eigenvalue weighted by atomic mass is 35.5. The number of anilines is 1. The fourth-order valence-electron chi connectivity index (χ4n) is 2.08. The molecular weight excluding hydrogens is 226 g/mol. The number of para-hydroxylation sites is 1. The average Bonchev–Trinajstić information content (AvgIpc) is 2.33. The largest absolute Gasteiger partial charge is 0.397 e. The summed E-state index contributed by atoms with van der Waals surface area (Å²) in [5, 5.41) is 10.7. The first-order chi connectivity index (χ1) is 7.70. The van der Waals surface area contributed by atoms with Gasteiger partial charge in [-0.3, -0.25) is 0 Å². The lowest BCUT2D eigenvalue weighted by molar-refractivity contribution is -0.00968. The molecule has 0 aromatic heterocycles. The molecule has 2 atom stereocenters. The summed E-state index contributed by atoms with van der Waals surface area (Å²) in [5.41, 5.74) is 7.04. The Morgan fingerprint density at radius 3 is 3.00 bits per heavy atom. The van der Waals surface area contributed by atoms with Crippen LogP contribution in [0.1, 0.15) is 24.5 Å². The Bertz CT molecular complexity index is 364. The van der Waals surface area contributed by atoms with Crippen LogP contribution in [0.25, 0.3) is 0 Å². The standard InChI is InChI=1S/C12H16ClNO2/c13-10-5-1-4-9(11(10)14)12(15)8-3-2-6-16-7-8/h1,4-5,8,12,15H,2-3,6-7,14H2. The van der Waals surface area contributed by atoms with Crippen molar-refractivity contribution in [3.05, 3.63) is 28.8 Å². The van der Waals surface area contributed by atoms with Crippen LogP contribution in [0.2, 0.25) is 5.02 Å². The molecule has 0 bridgehead atoms. The number of aliphatic hydroxyl groups excluding tert-OH is 1. The predicted octanol–water partition coefficient (Wildman–Crippen LogP) is 2.38. The van der Waals surface area contributed by atoms with E-state index in [1.165, 1.54) is 0 Å². The monoisotopic (exact) mass is 241 g/mol. The van der Waals surface area contributed by atoms with Crippen LogP contribution in [-0.4, -0.2) is 18.3 Å². The Kier molecular flexibility index (Phi) is 3.69. The number of ether oxygens (including phenoxy) is 1. The number of hydrogen-bond acceptors (Lipinski definition) is 3. The molecule has 0 aliphatic carbocycles.